The van der Waals surface area contributed by atoms with Crippen molar-refractivity contribution in [2.75, 3.05) is 18.8 Å². The highest BCUT2D eigenvalue weighted by Crippen LogP contribution is 2.10. The molecule has 0 spiro atoms. The monoisotopic (exact) mass is 186 g/mol. The molecule has 68 valence electrons. The molecular weight excluding hydrogens is 172 g/mol. The van der Waals surface area contributed by atoms with Crippen molar-refractivity contribution in [1.29, 1.82) is 5.26 Å². The van der Waals surface area contributed by atoms with E-state index in [4.69, 9.17) is 5.26 Å². The zero-order valence-electron chi connectivity index (χ0n) is 7.49. The fourth-order valence-corrected chi connectivity index (χ4v) is 2.52. The van der Waals surface area contributed by atoms with Gasteiger partial charge in [0.25, 0.3) is 0 Å². The molecule has 0 aromatic rings. The maximum Gasteiger partial charge on any atom is 0.0950 e. The minimum absolute atomic E-state index is 0.0373. The van der Waals surface area contributed by atoms with Crippen LogP contribution in [0.4, 0.5) is 0 Å². The van der Waals surface area contributed by atoms with Gasteiger partial charge in [-0.2, -0.15) is 5.26 Å². The van der Waals surface area contributed by atoms with Gasteiger partial charge in [0.05, 0.1) is 12.1 Å². The molecule has 1 heterocycles. The van der Waals surface area contributed by atoms with Crippen molar-refractivity contribution in [1.82, 2.24) is 4.90 Å². The van der Waals surface area contributed by atoms with E-state index >= 15 is 0 Å². The summed E-state index contributed by atoms with van der Waals surface area (Å²) >= 11 is 0. The first-order valence-electron chi connectivity index (χ1n) is 4.16. The summed E-state index contributed by atoms with van der Waals surface area (Å²) in [6, 6.07) is 2.16. The SMILES string of the molecule is CC(C#N)N1CCS(=O)C(C)C1. The fraction of sp³-hybridized carbons (Fsp3) is 0.875. The van der Waals surface area contributed by atoms with Gasteiger partial charge in [-0.1, -0.05) is 0 Å². The summed E-state index contributed by atoms with van der Waals surface area (Å²) < 4.78 is 11.3. The third-order valence-corrected chi connectivity index (χ3v) is 3.89. The second kappa shape index (κ2) is 4.01. The zero-order valence-corrected chi connectivity index (χ0v) is 8.30. The van der Waals surface area contributed by atoms with Gasteiger partial charge in [-0.25, -0.2) is 0 Å². The van der Waals surface area contributed by atoms with Gasteiger partial charge >= 0.3 is 0 Å². The predicted molar refractivity (Wildman–Crippen MR) is 49.1 cm³/mol. The highest BCUT2D eigenvalue weighted by atomic mass is 32.2. The molecule has 1 aliphatic rings. The Morgan fingerprint density at radius 3 is 2.92 bits per heavy atom. The van der Waals surface area contributed by atoms with Crippen molar-refractivity contribution >= 4 is 10.8 Å². The lowest BCUT2D eigenvalue weighted by Crippen LogP contribution is -2.46. The van der Waals surface area contributed by atoms with E-state index in [-0.39, 0.29) is 11.3 Å². The second-order valence-corrected chi connectivity index (χ2v) is 5.17. The average Bonchev–Trinajstić information content (AvgIpc) is 2.08. The van der Waals surface area contributed by atoms with Crippen LogP contribution >= 0.6 is 0 Å². The molecule has 0 aliphatic carbocycles. The molecule has 3 nitrogen and oxygen atoms in total. The normalized spacial score (nSPS) is 34.1. The van der Waals surface area contributed by atoms with Crippen LogP contribution in [0.25, 0.3) is 0 Å². The van der Waals surface area contributed by atoms with Crippen LogP contribution in [0.15, 0.2) is 0 Å². The third kappa shape index (κ3) is 2.05. The molecule has 0 aromatic heterocycles. The fourth-order valence-electron chi connectivity index (χ4n) is 1.35. The first kappa shape index (κ1) is 9.69. The smallest absolute Gasteiger partial charge is 0.0950 e. The van der Waals surface area contributed by atoms with Crippen LogP contribution in [-0.2, 0) is 10.8 Å². The van der Waals surface area contributed by atoms with E-state index in [1.54, 1.807) is 0 Å². The van der Waals surface area contributed by atoms with Crippen LogP contribution in [0.2, 0.25) is 0 Å². The van der Waals surface area contributed by atoms with Gasteiger partial charge in [0.2, 0.25) is 0 Å². The molecule has 1 aliphatic heterocycles. The van der Waals surface area contributed by atoms with Gasteiger partial charge in [-0.05, 0) is 13.8 Å². The Kier molecular flexibility index (Phi) is 3.24. The maximum atomic E-state index is 11.3. The molecule has 0 radical (unpaired) electrons. The zero-order chi connectivity index (χ0) is 9.14. The first-order chi connectivity index (χ1) is 5.65. The van der Waals surface area contributed by atoms with Crippen molar-refractivity contribution in [3.8, 4) is 6.07 Å². The molecule has 0 N–H and O–H groups in total. The van der Waals surface area contributed by atoms with Crippen LogP contribution in [-0.4, -0.2) is 39.2 Å². The summed E-state index contributed by atoms with van der Waals surface area (Å²) in [6.45, 7) is 5.46. The number of rotatable bonds is 1. The van der Waals surface area contributed by atoms with Crippen molar-refractivity contribution in [2.24, 2.45) is 0 Å². The molecule has 0 bridgehead atoms. The van der Waals surface area contributed by atoms with Gasteiger partial charge in [0, 0.05) is 34.9 Å². The minimum atomic E-state index is -0.675. The highest BCUT2D eigenvalue weighted by molar-refractivity contribution is 7.85. The highest BCUT2D eigenvalue weighted by Gasteiger charge is 2.25. The number of hydrogen-bond acceptors (Lipinski definition) is 3. The molecule has 1 rings (SSSR count). The number of nitrogens with zero attached hydrogens (tertiary/aromatic N) is 2. The quantitative estimate of drug-likeness (QED) is 0.593. The van der Waals surface area contributed by atoms with Gasteiger partial charge in [-0.15, -0.1) is 0 Å². The summed E-state index contributed by atoms with van der Waals surface area (Å²) in [4.78, 5) is 2.09. The lowest BCUT2D eigenvalue weighted by Gasteiger charge is -2.31. The molecule has 1 saturated heterocycles. The van der Waals surface area contributed by atoms with E-state index in [0.717, 1.165) is 13.1 Å². The van der Waals surface area contributed by atoms with Crippen LogP contribution in [0.3, 0.4) is 0 Å². The Bertz CT molecular complexity index is 224. The summed E-state index contributed by atoms with van der Waals surface area (Å²) in [7, 11) is -0.675. The van der Waals surface area contributed by atoms with E-state index < -0.39 is 10.8 Å². The van der Waals surface area contributed by atoms with E-state index in [9.17, 15) is 4.21 Å². The molecule has 0 saturated carbocycles. The minimum Gasteiger partial charge on any atom is -0.286 e. The predicted octanol–water partition coefficient (Wildman–Crippen LogP) is 0.351. The van der Waals surface area contributed by atoms with Crippen molar-refractivity contribution in [3.05, 3.63) is 0 Å². The maximum absolute atomic E-state index is 11.3. The number of nitriles is 1. The number of hydrogen-bond donors (Lipinski definition) is 0. The van der Waals surface area contributed by atoms with Crippen molar-refractivity contribution in [3.63, 3.8) is 0 Å². The summed E-state index contributed by atoms with van der Waals surface area (Å²) in [5, 5.41) is 8.89. The van der Waals surface area contributed by atoms with E-state index in [1.807, 2.05) is 13.8 Å². The largest absolute Gasteiger partial charge is 0.286 e. The molecule has 12 heavy (non-hydrogen) atoms. The van der Waals surface area contributed by atoms with E-state index in [0.29, 0.717) is 5.75 Å². The summed E-state index contributed by atoms with van der Waals surface area (Å²) in [6.07, 6.45) is 0. The molecule has 0 amide bonds. The topological polar surface area (TPSA) is 44.1 Å². The lowest BCUT2D eigenvalue weighted by atomic mass is 10.3. The Morgan fingerprint density at radius 1 is 1.75 bits per heavy atom. The van der Waals surface area contributed by atoms with Crippen LogP contribution in [0.5, 0.6) is 0 Å². The lowest BCUT2D eigenvalue weighted by molar-refractivity contribution is 0.254. The summed E-state index contributed by atoms with van der Waals surface area (Å²) in [5.74, 6) is 0.715. The Hall–Kier alpha value is -0.400. The molecular formula is C8H14N2OS. The van der Waals surface area contributed by atoms with Crippen molar-refractivity contribution in [2.45, 2.75) is 25.1 Å². The molecule has 3 atom stereocenters. The Labute approximate surface area is 75.8 Å². The van der Waals surface area contributed by atoms with Gasteiger partial charge in [0.1, 0.15) is 0 Å². The Morgan fingerprint density at radius 2 is 2.42 bits per heavy atom. The van der Waals surface area contributed by atoms with Crippen LogP contribution < -0.4 is 0 Å². The van der Waals surface area contributed by atoms with Gasteiger partial charge in [-0.3, -0.25) is 9.11 Å². The molecule has 4 heteroatoms. The van der Waals surface area contributed by atoms with Crippen molar-refractivity contribution < 1.29 is 4.21 Å². The van der Waals surface area contributed by atoms with Gasteiger partial charge in [0.15, 0.2) is 0 Å². The van der Waals surface area contributed by atoms with E-state index in [1.165, 1.54) is 0 Å². The third-order valence-electron chi connectivity index (χ3n) is 2.25. The summed E-state index contributed by atoms with van der Waals surface area (Å²) in [5.41, 5.74) is 0. The first-order valence-corrected chi connectivity index (χ1v) is 5.54. The standard InChI is InChI=1S/C8H14N2OS/c1-7(5-9)10-3-4-12(11)8(2)6-10/h7-8H,3-4,6H2,1-2H3. The molecule has 0 aromatic carbocycles. The second-order valence-electron chi connectivity index (χ2n) is 3.20. The van der Waals surface area contributed by atoms with Gasteiger partial charge < -0.3 is 0 Å². The molecule has 3 unspecified atom stereocenters. The molecule has 1 fully saturated rings. The van der Waals surface area contributed by atoms with Crippen LogP contribution in [0.1, 0.15) is 13.8 Å². The van der Waals surface area contributed by atoms with E-state index in [2.05, 4.69) is 11.0 Å². The Balaban J connectivity index is 2.52. The average molecular weight is 186 g/mol. The van der Waals surface area contributed by atoms with Crippen LogP contribution in [0, 0.1) is 11.3 Å².